The summed E-state index contributed by atoms with van der Waals surface area (Å²) in [6.07, 6.45) is 0.737. The van der Waals surface area contributed by atoms with Crippen LogP contribution in [0.4, 0.5) is 0 Å². The Morgan fingerprint density at radius 1 is 1.05 bits per heavy atom. The van der Waals surface area contributed by atoms with Crippen molar-refractivity contribution in [2.75, 3.05) is 0 Å². The van der Waals surface area contributed by atoms with Crippen molar-refractivity contribution in [2.24, 2.45) is 0 Å². The molecule has 96 valence electrons. The lowest BCUT2D eigenvalue weighted by Crippen LogP contribution is -2.05. The first kappa shape index (κ1) is 13.7. The Morgan fingerprint density at radius 3 is 2.26 bits per heavy atom. The number of benzene rings is 2. The van der Waals surface area contributed by atoms with E-state index >= 15 is 0 Å². The highest BCUT2D eigenvalue weighted by atomic mass is 127. The van der Waals surface area contributed by atoms with Gasteiger partial charge < -0.3 is 4.74 Å². The maximum Gasteiger partial charge on any atom is 0.338 e. The smallest absolute Gasteiger partial charge is 0.338 e. The number of esters is 1. The predicted molar refractivity (Wildman–Crippen MR) is 80.1 cm³/mol. The lowest BCUT2D eigenvalue weighted by Gasteiger charge is -2.05. The molecule has 2 rings (SSSR count). The van der Waals surface area contributed by atoms with Crippen LogP contribution in [0.15, 0.2) is 48.5 Å². The third-order valence-electron chi connectivity index (χ3n) is 2.57. The zero-order valence-electron chi connectivity index (χ0n) is 10.0. The molecule has 0 amide bonds. The summed E-state index contributed by atoms with van der Waals surface area (Å²) in [5.74, 6) is -0.393. The van der Waals surface area contributed by atoms with E-state index in [1.54, 1.807) is 24.3 Å². The van der Waals surface area contributed by atoms with Gasteiger partial charge in [-0.15, -0.1) is 0 Å². The van der Waals surface area contributed by atoms with Gasteiger partial charge in [-0.1, -0.05) is 24.3 Å². The van der Waals surface area contributed by atoms with Crippen LogP contribution < -0.4 is 0 Å². The van der Waals surface area contributed by atoms with Crippen molar-refractivity contribution in [3.8, 4) is 0 Å². The maximum absolute atomic E-state index is 11.8. The fourth-order valence-electron chi connectivity index (χ4n) is 1.51. The van der Waals surface area contributed by atoms with Crippen LogP contribution in [0.3, 0.4) is 0 Å². The summed E-state index contributed by atoms with van der Waals surface area (Å²) in [4.78, 5) is 22.3. The minimum Gasteiger partial charge on any atom is -0.457 e. The Kier molecular flexibility index (Phi) is 4.68. The van der Waals surface area contributed by atoms with Crippen LogP contribution in [0.5, 0.6) is 0 Å². The van der Waals surface area contributed by atoms with Gasteiger partial charge in [0.2, 0.25) is 0 Å². The largest absolute Gasteiger partial charge is 0.457 e. The molecule has 4 heteroatoms. The van der Waals surface area contributed by atoms with Gasteiger partial charge in [0.05, 0.1) is 5.56 Å². The highest BCUT2D eigenvalue weighted by molar-refractivity contribution is 14.1. The van der Waals surface area contributed by atoms with Crippen LogP contribution in [-0.4, -0.2) is 12.3 Å². The average Bonchev–Trinajstić information content (AvgIpc) is 2.46. The minimum absolute atomic E-state index is 0.241. The van der Waals surface area contributed by atoms with Crippen molar-refractivity contribution in [2.45, 2.75) is 6.61 Å². The van der Waals surface area contributed by atoms with Gasteiger partial charge in [0.25, 0.3) is 0 Å². The molecule has 3 nitrogen and oxygen atoms in total. The molecule has 0 bridgehead atoms. The Hall–Kier alpha value is -1.69. The molecule has 0 atom stereocenters. The fraction of sp³-hybridized carbons (Fsp3) is 0.0667. The van der Waals surface area contributed by atoms with Crippen molar-refractivity contribution in [3.63, 3.8) is 0 Å². The Labute approximate surface area is 124 Å². The lowest BCUT2D eigenvalue weighted by molar-refractivity contribution is 0.0472. The second kappa shape index (κ2) is 6.47. The van der Waals surface area contributed by atoms with Crippen LogP contribution in [0.2, 0.25) is 0 Å². The van der Waals surface area contributed by atoms with Crippen LogP contribution in [-0.2, 0) is 11.3 Å². The van der Waals surface area contributed by atoms with E-state index in [9.17, 15) is 9.59 Å². The molecule has 0 fully saturated rings. The summed E-state index contributed by atoms with van der Waals surface area (Å²) in [6, 6.07) is 14.1. The van der Waals surface area contributed by atoms with Crippen molar-refractivity contribution in [3.05, 3.63) is 68.8 Å². The fourth-order valence-corrected chi connectivity index (χ4v) is 1.87. The Balaban J connectivity index is 1.96. The number of carbonyl (C=O) groups excluding carboxylic acids is 2. The topological polar surface area (TPSA) is 43.4 Å². The normalized spacial score (nSPS) is 9.95. The SMILES string of the molecule is O=Cc1ccc(C(=O)OCc2ccc(I)cc2)cc1. The first-order valence-electron chi connectivity index (χ1n) is 5.66. The monoisotopic (exact) mass is 366 g/mol. The summed E-state index contributed by atoms with van der Waals surface area (Å²) in [5, 5.41) is 0. The Morgan fingerprint density at radius 2 is 1.68 bits per heavy atom. The Bertz CT molecular complexity index is 573. The predicted octanol–water partition coefficient (Wildman–Crippen LogP) is 3.46. The van der Waals surface area contributed by atoms with Gasteiger partial charge in [0.1, 0.15) is 12.9 Å². The lowest BCUT2D eigenvalue weighted by atomic mass is 10.1. The quantitative estimate of drug-likeness (QED) is 0.473. The number of halogens is 1. The molecule has 2 aromatic rings. The van der Waals surface area contributed by atoms with Crippen LogP contribution in [0, 0.1) is 3.57 Å². The van der Waals surface area contributed by atoms with Crippen molar-refractivity contribution in [1.82, 2.24) is 0 Å². The third-order valence-corrected chi connectivity index (χ3v) is 3.28. The molecule has 0 aliphatic carbocycles. The number of aldehydes is 1. The second-order valence-electron chi connectivity index (χ2n) is 3.94. The number of hydrogen-bond acceptors (Lipinski definition) is 3. The molecule has 19 heavy (non-hydrogen) atoms. The summed E-state index contributed by atoms with van der Waals surface area (Å²) >= 11 is 2.22. The zero-order valence-corrected chi connectivity index (χ0v) is 12.2. The van der Waals surface area contributed by atoms with Crippen molar-refractivity contribution >= 4 is 34.8 Å². The average molecular weight is 366 g/mol. The van der Waals surface area contributed by atoms with Crippen LogP contribution in [0.25, 0.3) is 0 Å². The van der Waals surface area contributed by atoms with E-state index in [1.807, 2.05) is 24.3 Å². The van der Waals surface area contributed by atoms with E-state index in [2.05, 4.69) is 22.6 Å². The molecule has 0 aliphatic rings. The first-order chi connectivity index (χ1) is 9.19. The molecule has 0 spiro atoms. The van der Waals surface area contributed by atoms with E-state index in [4.69, 9.17) is 4.74 Å². The van der Waals surface area contributed by atoms with Gasteiger partial charge >= 0.3 is 5.97 Å². The standard InChI is InChI=1S/C15H11IO3/c16-14-7-3-12(4-8-14)10-19-15(18)13-5-1-11(9-17)2-6-13/h1-9H,10H2. The summed E-state index contributed by atoms with van der Waals surface area (Å²) in [5.41, 5.74) is 1.92. The highest BCUT2D eigenvalue weighted by Crippen LogP contribution is 2.10. The molecule has 0 heterocycles. The van der Waals surface area contributed by atoms with E-state index in [0.29, 0.717) is 11.1 Å². The van der Waals surface area contributed by atoms with Gasteiger partial charge in [-0.2, -0.15) is 0 Å². The molecule has 0 unspecified atom stereocenters. The van der Waals surface area contributed by atoms with Gasteiger partial charge in [0.15, 0.2) is 0 Å². The molecule has 0 aromatic heterocycles. The van der Waals surface area contributed by atoms with E-state index in [0.717, 1.165) is 15.4 Å². The molecule has 0 radical (unpaired) electrons. The van der Waals surface area contributed by atoms with Gasteiger partial charge in [-0.25, -0.2) is 4.79 Å². The summed E-state index contributed by atoms with van der Waals surface area (Å²) in [7, 11) is 0. The number of carbonyl (C=O) groups is 2. The molecule has 0 saturated heterocycles. The molecule has 0 saturated carbocycles. The maximum atomic E-state index is 11.8. The summed E-state index contributed by atoms with van der Waals surface area (Å²) in [6.45, 7) is 0.241. The first-order valence-corrected chi connectivity index (χ1v) is 6.74. The van der Waals surface area contributed by atoms with Crippen molar-refractivity contribution in [1.29, 1.82) is 0 Å². The van der Waals surface area contributed by atoms with E-state index < -0.39 is 5.97 Å². The third kappa shape index (κ3) is 3.89. The zero-order chi connectivity index (χ0) is 13.7. The van der Waals surface area contributed by atoms with E-state index in [1.165, 1.54) is 0 Å². The number of rotatable bonds is 4. The molecular weight excluding hydrogens is 355 g/mol. The minimum atomic E-state index is -0.393. The molecular formula is C15H11IO3. The van der Waals surface area contributed by atoms with Crippen LogP contribution >= 0.6 is 22.6 Å². The van der Waals surface area contributed by atoms with Gasteiger partial charge in [-0.3, -0.25) is 4.79 Å². The van der Waals surface area contributed by atoms with Gasteiger partial charge in [-0.05, 0) is 52.4 Å². The second-order valence-corrected chi connectivity index (χ2v) is 5.19. The number of ether oxygens (including phenoxy) is 1. The number of hydrogen-bond donors (Lipinski definition) is 0. The molecule has 0 aliphatic heterocycles. The van der Waals surface area contributed by atoms with Gasteiger partial charge in [0, 0.05) is 9.13 Å². The van der Waals surface area contributed by atoms with E-state index in [-0.39, 0.29) is 6.61 Å². The van der Waals surface area contributed by atoms with Crippen molar-refractivity contribution < 1.29 is 14.3 Å². The summed E-state index contributed by atoms with van der Waals surface area (Å²) < 4.78 is 6.33. The molecule has 2 aromatic carbocycles. The highest BCUT2D eigenvalue weighted by Gasteiger charge is 2.07. The van der Waals surface area contributed by atoms with Crippen LogP contribution in [0.1, 0.15) is 26.3 Å². The molecule has 0 N–H and O–H groups in total.